The fourth-order valence-corrected chi connectivity index (χ4v) is 16.6. The first-order valence-corrected chi connectivity index (χ1v) is 44.9. The minimum atomic E-state index is -4.74. The molecule has 9 aromatic carbocycles. The quantitative estimate of drug-likeness (QED) is 0.0310. The molecule has 0 aliphatic carbocycles. The van der Waals surface area contributed by atoms with Gasteiger partial charge in [-0.15, -0.1) is 23.4 Å². The first-order chi connectivity index (χ1) is 68.9. The predicted molar refractivity (Wildman–Crippen MR) is 522 cm³/mol. The highest BCUT2D eigenvalue weighted by Crippen LogP contribution is 2.44. The number of carbonyl (C=O) groups excluding carboxylic acids is 1. The number of nitro benzene ring substituents is 1. The van der Waals surface area contributed by atoms with Crippen molar-refractivity contribution < 1.29 is 92.2 Å². The number of halogens is 7. The number of ether oxygens (including phenoxy) is 10. The molecule has 143 heavy (non-hydrogen) atoms. The van der Waals surface area contributed by atoms with Gasteiger partial charge in [0, 0.05) is 162 Å². The van der Waals surface area contributed by atoms with Crippen molar-refractivity contribution in [1.82, 2.24) is 42.2 Å². The maximum Gasteiger partial charge on any atom is 0.573 e. The second-order valence-corrected chi connectivity index (χ2v) is 31.6. The molecule has 10 heterocycles. The molecular formula is C104H95F7N18O14. The number of hydrogen-bond donors (Lipinski definition) is 2. The molecule has 17 aromatic rings. The van der Waals surface area contributed by atoms with Crippen molar-refractivity contribution in [3.8, 4) is 122 Å². The molecule has 39 heteroatoms. The number of nitrogen functional groups attached to an aromatic ring is 1. The maximum atomic E-state index is 12.7. The smallest absolute Gasteiger partial charge is 0.497 e. The predicted octanol–water partition coefficient (Wildman–Crippen LogP) is 23.9. The van der Waals surface area contributed by atoms with Crippen LogP contribution in [0.25, 0.3) is 110 Å². The summed E-state index contributed by atoms with van der Waals surface area (Å²) in [4.78, 5) is 22.0. The number of carbonyl (C=O) groups is 1. The zero-order chi connectivity index (χ0) is 103. The second-order valence-electron chi connectivity index (χ2n) is 31.6. The molecule has 0 atom stereocenters. The Kier molecular flexibility index (Phi) is 32.6. The molecule has 8 aromatic heterocycles. The van der Waals surface area contributed by atoms with Gasteiger partial charge in [0.25, 0.3) is 5.69 Å². The van der Waals surface area contributed by atoms with E-state index >= 15 is 0 Å². The molecule has 0 unspecified atom stereocenters. The molecule has 0 fully saturated rings. The molecule has 32 nitrogen and oxygen atoms in total. The zero-order valence-corrected chi connectivity index (χ0v) is 79.5. The van der Waals surface area contributed by atoms with Gasteiger partial charge in [-0.05, 0) is 170 Å². The molecule has 0 saturated heterocycles. The number of nitro groups is 1. The van der Waals surface area contributed by atoms with Gasteiger partial charge in [0.1, 0.15) is 103 Å². The van der Waals surface area contributed by atoms with Crippen molar-refractivity contribution in [1.29, 1.82) is 31.6 Å². The van der Waals surface area contributed by atoms with E-state index in [1.807, 2.05) is 145 Å². The van der Waals surface area contributed by atoms with E-state index in [0.717, 1.165) is 144 Å². The summed E-state index contributed by atoms with van der Waals surface area (Å²) in [6.45, 7) is 17.9. The summed E-state index contributed by atoms with van der Waals surface area (Å²) < 4.78 is 156. The van der Waals surface area contributed by atoms with Crippen LogP contribution in [-0.2, 0) is 43.9 Å². The van der Waals surface area contributed by atoms with Crippen LogP contribution >= 0.6 is 0 Å². The molecule has 2 aliphatic rings. The number of anilines is 2. The first kappa shape index (κ1) is 102. The van der Waals surface area contributed by atoms with E-state index in [1.165, 1.54) is 54.6 Å². The summed E-state index contributed by atoms with van der Waals surface area (Å²) >= 11 is 0. The van der Waals surface area contributed by atoms with Crippen LogP contribution in [0.2, 0.25) is 0 Å². The van der Waals surface area contributed by atoms with Crippen LogP contribution < -0.4 is 53.7 Å². The minimum Gasteiger partial charge on any atom is -0.497 e. The monoisotopic (exact) mass is 1950 g/mol. The Labute approximate surface area is 814 Å². The number of hydrogen-bond acceptors (Lipinski definition) is 23. The van der Waals surface area contributed by atoms with Crippen molar-refractivity contribution >= 4 is 99.6 Å². The fourth-order valence-electron chi connectivity index (χ4n) is 16.6. The number of non-ortho nitro benzene ring substituents is 1. The van der Waals surface area contributed by atoms with Gasteiger partial charge in [-0.1, -0.05) is 19.1 Å². The Hall–Kier alpha value is -18.0. The largest absolute Gasteiger partial charge is 0.573 e. The Morgan fingerprint density at radius 1 is 0.483 bits per heavy atom. The number of nitriles is 6. The van der Waals surface area contributed by atoms with E-state index in [0.29, 0.717) is 118 Å². The van der Waals surface area contributed by atoms with E-state index in [2.05, 4.69) is 104 Å². The molecule has 0 radical (unpaired) electrons. The highest BCUT2D eigenvalue weighted by atomic mass is 19.4. The number of fused-ring (bicyclic) bond motifs is 9. The molecule has 1 amide bonds. The summed E-state index contributed by atoms with van der Waals surface area (Å²) in [6.07, 6.45) is 2.11. The molecule has 3 N–H and O–H groups in total. The van der Waals surface area contributed by atoms with Crippen LogP contribution in [0.3, 0.4) is 0 Å². The lowest BCUT2D eigenvalue weighted by Gasteiger charge is -2.19. The van der Waals surface area contributed by atoms with E-state index in [-0.39, 0.29) is 51.6 Å². The SMILES string of the molecule is CC(C)n1cc(C#N)c2cc3c(cc21)OCCO3.CCOC(=O)Nc1c(C#N)c2ccc([N+](=O)[O-])cc2n1CC.CCc1nnc(-c2cn(CC)c3cc(OC)ccc23)o1.CCn1c(-c2ccc(N)cc2)c(C#N)c2ccc(OC)cc21.CCn1c(-c2ccc(OC(F)(F)F)cc2)c(C#N)c2ccc(OC)cc21.CCn1cc(C#N)c2cc3c(cc21)OCCO3.N#Cc1cn(C(F)F)c2cc(OC(F)F)ccc12. The lowest BCUT2D eigenvalue weighted by atomic mass is 10.1. The van der Waals surface area contributed by atoms with Crippen molar-refractivity contribution in [2.75, 3.05) is 65.4 Å². The number of benzene rings is 9. The molecule has 0 bridgehead atoms. The Morgan fingerprint density at radius 2 is 0.909 bits per heavy atom. The van der Waals surface area contributed by atoms with Gasteiger partial charge < -0.3 is 84.9 Å². The third-order valence-corrected chi connectivity index (χ3v) is 23.1. The summed E-state index contributed by atoms with van der Waals surface area (Å²) in [5.74, 6) is 6.25. The highest BCUT2D eigenvalue weighted by molar-refractivity contribution is 6.01. The van der Waals surface area contributed by atoms with E-state index < -0.39 is 30.5 Å². The van der Waals surface area contributed by atoms with Crippen LogP contribution in [0.4, 0.5) is 52.7 Å². The average molecular weight is 1950 g/mol. The van der Waals surface area contributed by atoms with Gasteiger partial charge >= 0.3 is 25.6 Å². The second kappa shape index (κ2) is 45.5. The fraction of sp³-hybridized carbons (Fsp3) is 0.260. The van der Waals surface area contributed by atoms with Crippen LogP contribution in [0.5, 0.6) is 51.7 Å². The normalized spacial score (nSPS) is 11.6. The van der Waals surface area contributed by atoms with Crippen LogP contribution in [0.15, 0.2) is 193 Å². The maximum absolute atomic E-state index is 12.7. The molecule has 2 aliphatic heterocycles. The van der Waals surface area contributed by atoms with Gasteiger partial charge in [-0.3, -0.25) is 20.0 Å². The van der Waals surface area contributed by atoms with Crippen molar-refractivity contribution in [2.24, 2.45) is 0 Å². The van der Waals surface area contributed by atoms with E-state index in [9.17, 15) is 66.7 Å². The van der Waals surface area contributed by atoms with Crippen LogP contribution in [-0.4, -0.2) is 121 Å². The summed E-state index contributed by atoms with van der Waals surface area (Å²) in [6, 6.07) is 58.9. The summed E-state index contributed by atoms with van der Waals surface area (Å²) in [5.41, 5.74) is 18.8. The summed E-state index contributed by atoms with van der Waals surface area (Å²) in [7, 11) is 4.88. The van der Waals surface area contributed by atoms with E-state index in [1.54, 1.807) is 45.0 Å². The van der Waals surface area contributed by atoms with Gasteiger partial charge in [0.05, 0.1) is 116 Å². The molecule has 0 saturated carbocycles. The molecule has 0 spiro atoms. The van der Waals surface area contributed by atoms with Crippen LogP contribution in [0, 0.1) is 78.1 Å². The first-order valence-electron chi connectivity index (χ1n) is 44.9. The Morgan fingerprint density at radius 3 is 1.38 bits per heavy atom. The van der Waals surface area contributed by atoms with Gasteiger partial charge in [-0.25, -0.2) is 4.79 Å². The van der Waals surface area contributed by atoms with Gasteiger partial charge in [0.15, 0.2) is 23.0 Å². The summed E-state index contributed by atoms with van der Waals surface area (Å²) in [5, 5.41) is 82.8. The van der Waals surface area contributed by atoms with Crippen molar-refractivity contribution in [2.45, 2.75) is 127 Å². The third kappa shape index (κ3) is 22.3. The van der Waals surface area contributed by atoms with E-state index in [4.69, 9.17) is 58.6 Å². The third-order valence-electron chi connectivity index (χ3n) is 23.1. The lowest BCUT2D eigenvalue weighted by molar-refractivity contribution is -0.384. The average Bonchev–Trinajstić information content (AvgIpc) is 1.60. The number of methoxy groups -OCH3 is 3. The number of aromatic nitrogens is 9. The van der Waals surface area contributed by atoms with Gasteiger partial charge in [0.2, 0.25) is 11.8 Å². The number of alkyl halides is 7. The lowest BCUT2D eigenvalue weighted by Crippen LogP contribution is -2.16. The van der Waals surface area contributed by atoms with Crippen molar-refractivity contribution in [3.63, 3.8) is 0 Å². The number of aryl methyl sites for hydroxylation is 6. The Bertz CT molecular complexity index is 7840. The Balaban J connectivity index is 0.000000141. The number of nitrogens with zero attached hydrogens (tertiary/aromatic N) is 16. The highest BCUT2D eigenvalue weighted by Gasteiger charge is 2.32. The van der Waals surface area contributed by atoms with Crippen molar-refractivity contribution in [3.05, 3.63) is 238 Å². The number of rotatable bonds is 20. The zero-order valence-electron chi connectivity index (χ0n) is 79.5. The van der Waals surface area contributed by atoms with Crippen LogP contribution in [0.1, 0.15) is 114 Å². The number of nitrogens with one attached hydrogen (secondary N) is 1. The number of amides is 1. The standard InChI is InChI=1S/C19H15F3N2O2.C18H17N3O.C15H17N3O2.C14H14N4O4.C14H14N2O2.C13H12N2O2.C11H6F4N2O/c1-3-24-17-10-14(25-2)8-9-15(17)16(11-23)18(24)12-4-6-13(7-5-12)26-19(20,21)22;1-3-21-17-10-14(22-2)8-9-15(17)16(11-19)18(21)12-4-6-13(20)7-5-12;1-4-14-16-17-15(20-14)12-9-18(5-2)13-8-10(19-3)6-7-11(12)13;1-3-17-12-7-9(18(20)21)5-6-10(12)11(8-15)13(17)16-14(19)22-4-2;1-9(2)16-8-10(7-15)11-5-13-14(6-12(11)16)18-4-3-17-13;1-2-15-8-9(7-14)10-5-12-13(6-11(10)15)17-4-3-16-12;12-10(13)17-5-6(4-16)8-2-1-7(3-9(8)17)18-11(14)15/h4-10H,3H2,1-2H3;4-10H,3,20H2,1-2H3;6-9H,4-5H2,1-3H3;5-7H,3-4H2,1-2H3,(H,16,19);5-6,8-9H,3-4H2,1-2H3;5-6,8H,2-4H2,1H3;1-3,5,10-11H. The molecule has 19 rings (SSSR count). The van der Waals surface area contributed by atoms with Gasteiger partial charge in [-0.2, -0.15) is 49.1 Å². The molecule has 734 valence electrons. The topological polar surface area (TPSA) is 407 Å². The minimum absolute atomic E-state index is 0.0281. The number of nitrogens with two attached hydrogens (primary N) is 1. The molecular weight excluding hydrogens is 1860 g/mol.